The molecule has 0 aliphatic carbocycles. The number of carbonyl (C=O) groups excluding carboxylic acids is 1. The van der Waals surface area contributed by atoms with Gasteiger partial charge in [-0.2, -0.15) is 13.2 Å². The van der Waals surface area contributed by atoms with Crippen molar-refractivity contribution in [2.75, 3.05) is 6.61 Å². The van der Waals surface area contributed by atoms with Gasteiger partial charge in [0.15, 0.2) is 0 Å². The van der Waals surface area contributed by atoms with Gasteiger partial charge in [-0.25, -0.2) is 0 Å². The van der Waals surface area contributed by atoms with Crippen LogP contribution in [0.2, 0.25) is 0 Å². The zero-order valence-corrected chi connectivity index (χ0v) is 15.0. The molecule has 25 heavy (non-hydrogen) atoms. The fourth-order valence-corrected chi connectivity index (χ4v) is 2.59. The van der Waals surface area contributed by atoms with Gasteiger partial charge in [0.25, 0.3) is 5.91 Å². The van der Waals surface area contributed by atoms with Crippen LogP contribution >= 0.6 is 15.9 Å². The lowest BCUT2D eigenvalue weighted by atomic mass is 10.1. The van der Waals surface area contributed by atoms with Gasteiger partial charge in [0.1, 0.15) is 12.4 Å². The Morgan fingerprint density at radius 1 is 1.20 bits per heavy atom. The summed E-state index contributed by atoms with van der Waals surface area (Å²) in [4.78, 5) is 12.3. The Morgan fingerprint density at radius 2 is 1.92 bits per heavy atom. The third-order valence-electron chi connectivity index (χ3n) is 3.56. The van der Waals surface area contributed by atoms with Crippen molar-refractivity contribution in [1.29, 1.82) is 0 Å². The summed E-state index contributed by atoms with van der Waals surface area (Å²) < 4.78 is 44.2. The third kappa shape index (κ3) is 5.49. The molecule has 0 saturated heterocycles. The molecular formula is C18H17BrF3NO2. The second-order valence-corrected chi connectivity index (χ2v) is 6.25. The molecule has 1 atom stereocenters. The van der Waals surface area contributed by atoms with E-state index in [-0.39, 0.29) is 24.3 Å². The molecule has 134 valence electrons. The van der Waals surface area contributed by atoms with Crippen LogP contribution < -0.4 is 10.1 Å². The van der Waals surface area contributed by atoms with E-state index in [2.05, 4.69) is 21.2 Å². The molecule has 2 rings (SSSR count). The molecule has 0 aromatic heterocycles. The highest BCUT2D eigenvalue weighted by Crippen LogP contribution is 2.31. The number of alkyl halides is 3. The molecule has 3 nitrogen and oxygen atoms in total. The standard InChI is InChI=1S/C18H17BrF3NO2/c1-2-13(23-17(24)15-8-3-4-9-16(15)19)11-25-14-7-5-6-12(10-14)18(20,21)22/h3-10,13H,2,11H2,1H3,(H,23,24). The normalized spacial score (nSPS) is 12.5. The zero-order valence-electron chi connectivity index (χ0n) is 13.4. The van der Waals surface area contributed by atoms with Crippen LogP contribution in [0.15, 0.2) is 53.0 Å². The average molecular weight is 416 g/mol. The smallest absolute Gasteiger partial charge is 0.416 e. The lowest BCUT2D eigenvalue weighted by Gasteiger charge is -2.18. The number of carbonyl (C=O) groups is 1. The number of benzene rings is 2. The fraction of sp³-hybridized carbons (Fsp3) is 0.278. The number of nitrogens with one attached hydrogen (secondary N) is 1. The van der Waals surface area contributed by atoms with E-state index in [0.717, 1.165) is 12.1 Å². The molecule has 2 aromatic rings. The number of amides is 1. The highest BCUT2D eigenvalue weighted by atomic mass is 79.9. The SMILES string of the molecule is CCC(COc1cccc(C(F)(F)F)c1)NC(=O)c1ccccc1Br. The molecule has 0 fully saturated rings. The van der Waals surface area contributed by atoms with E-state index in [9.17, 15) is 18.0 Å². The molecule has 7 heteroatoms. The van der Waals surface area contributed by atoms with Gasteiger partial charge in [-0.05, 0) is 52.7 Å². The summed E-state index contributed by atoms with van der Waals surface area (Å²) in [5, 5.41) is 2.82. The Bertz CT molecular complexity index is 734. The molecule has 0 radical (unpaired) electrons. The maximum absolute atomic E-state index is 12.7. The average Bonchev–Trinajstić information content (AvgIpc) is 2.58. The van der Waals surface area contributed by atoms with Crippen molar-refractivity contribution in [3.05, 3.63) is 64.1 Å². The fourth-order valence-electron chi connectivity index (χ4n) is 2.13. The van der Waals surface area contributed by atoms with Gasteiger partial charge >= 0.3 is 6.18 Å². The van der Waals surface area contributed by atoms with Crippen LogP contribution in [-0.4, -0.2) is 18.6 Å². The van der Waals surface area contributed by atoms with Crippen molar-refractivity contribution >= 4 is 21.8 Å². The molecule has 0 heterocycles. The Hall–Kier alpha value is -2.02. The number of ether oxygens (including phenoxy) is 1. The van der Waals surface area contributed by atoms with E-state index in [4.69, 9.17) is 4.74 Å². The van der Waals surface area contributed by atoms with E-state index in [1.807, 2.05) is 6.92 Å². The van der Waals surface area contributed by atoms with Crippen molar-refractivity contribution in [3.63, 3.8) is 0 Å². The third-order valence-corrected chi connectivity index (χ3v) is 4.25. The van der Waals surface area contributed by atoms with Crippen LogP contribution in [0.3, 0.4) is 0 Å². The molecule has 2 aromatic carbocycles. The number of halogens is 4. The lowest BCUT2D eigenvalue weighted by Crippen LogP contribution is -2.38. The largest absolute Gasteiger partial charge is 0.491 e. The van der Waals surface area contributed by atoms with Crippen LogP contribution in [0.5, 0.6) is 5.75 Å². The highest BCUT2D eigenvalue weighted by Gasteiger charge is 2.30. The van der Waals surface area contributed by atoms with Gasteiger partial charge in [0.05, 0.1) is 17.2 Å². The minimum absolute atomic E-state index is 0.0774. The molecule has 0 bridgehead atoms. The molecule has 1 amide bonds. The van der Waals surface area contributed by atoms with Crippen molar-refractivity contribution in [3.8, 4) is 5.75 Å². The van der Waals surface area contributed by atoms with Crippen LogP contribution in [-0.2, 0) is 6.18 Å². The second-order valence-electron chi connectivity index (χ2n) is 5.40. The molecule has 1 N–H and O–H groups in total. The Balaban J connectivity index is 1.99. The summed E-state index contributed by atoms with van der Waals surface area (Å²) in [6, 6.07) is 11.3. The summed E-state index contributed by atoms with van der Waals surface area (Å²) in [6.07, 6.45) is -3.84. The Morgan fingerprint density at radius 3 is 2.56 bits per heavy atom. The van der Waals surface area contributed by atoms with Gasteiger partial charge in [-0.15, -0.1) is 0 Å². The number of hydrogen-bond donors (Lipinski definition) is 1. The molecule has 0 aliphatic heterocycles. The van der Waals surface area contributed by atoms with E-state index in [1.165, 1.54) is 12.1 Å². The summed E-state index contributed by atoms with van der Waals surface area (Å²) in [6.45, 7) is 1.94. The second kappa shape index (κ2) is 8.38. The predicted octanol–water partition coefficient (Wildman–Crippen LogP) is 5.06. The quantitative estimate of drug-likeness (QED) is 0.716. The van der Waals surface area contributed by atoms with Crippen molar-refractivity contribution in [2.45, 2.75) is 25.6 Å². The monoisotopic (exact) mass is 415 g/mol. The highest BCUT2D eigenvalue weighted by molar-refractivity contribution is 9.10. The van der Waals surface area contributed by atoms with Gasteiger partial charge in [0.2, 0.25) is 0 Å². The van der Waals surface area contributed by atoms with Crippen molar-refractivity contribution in [2.24, 2.45) is 0 Å². The first-order valence-electron chi connectivity index (χ1n) is 7.66. The molecule has 0 saturated carbocycles. The minimum atomic E-state index is -4.42. The summed E-state index contributed by atoms with van der Waals surface area (Å²) in [5.41, 5.74) is -0.282. The van der Waals surface area contributed by atoms with Crippen molar-refractivity contribution in [1.82, 2.24) is 5.32 Å². The summed E-state index contributed by atoms with van der Waals surface area (Å²) >= 11 is 3.31. The van der Waals surface area contributed by atoms with Gasteiger partial charge < -0.3 is 10.1 Å². The minimum Gasteiger partial charge on any atom is -0.491 e. The molecule has 1 unspecified atom stereocenters. The van der Waals surface area contributed by atoms with Crippen LogP contribution in [0.1, 0.15) is 29.3 Å². The Labute approximate surface area is 152 Å². The van der Waals surface area contributed by atoms with Gasteiger partial charge in [0, 0.05) is 4.47 Å². The lowest BCUT2D eigenvalue weighted by molar-refractivity contribution is -0.137. The first kappa shape index (κ1) is 19.3. The molecule has 0 aliphatic rings. The predicted molar refractivity (Wildman–Crippen MR) is 92.6 cm³/mol. The van der Waals surface area contributed by atoms with Gasteiger partial charge in [-0.1, -0.05) is 25.1 Å². The first-order chi connectivity index (χ1) is 11.8. The molecule has 0 spiro atoms. The maximum Gasteiger partial charge on any atom is 0.416 e. The van der Waals surface area contributed by atoms with Crippen molar-refractivity contribution < 1.29 is 22.7 Å². The zero-order chi connectivity index (χ0) is 18.4. The molecular weight excluding hydrogens is 399 g/mol. The van der Waals surface area contributed by atoms with E-state index < -0.39 is 11.7 Å². The summed E-state index contributed by atoms with van der Waals surface area (Å²) in [5.74, 6) is -0.157. The van der Waals surface area contributed by atoms with Crippen LogP contribution in [0.4, 0.5) is 13.2 Å². The van der Waals surface area contributed by atoms with Gasteiger partial charge in [-0.3, -0.25) is 4.79 Å². The van der Waals surface area contributed by atoms with Crippen LogP contribution in [0, 0.1) is 0 Å². The van der Waals surface area contributed by atoms with E-state index in [0.29, 0.717) is 16.5 Å². The summed E-state index contributed by atoms with van der Waals surface area (Å²) in [7, 11) is 0. The van der Waals surface area contributed by atoms with E-state index in [1.54, 1.807) is 24.3 Å². The first-order valence-corrected chi connectivity index (χ1v) is 8.46. The van der Waals surface area contributed by atoms with Crippen LogP contribution in [0.25, 0.3) is 0 Å². The maximum atomic E-state index is 12.7. The Kier molecular flexibility index (Phi) is 6.47. The number of rotatable bonds is 6. The van der Waals surface area contributed by atoms with E-state index >= 15 is 0 Å². The topological polar surface area (TPSA) is 38.3 Å². The number of hydrogen-bond acceptors (Lipinski definition) is 2.